The van der Waals surface area contributed by atoms with Crippen molar-refractivity contribution >= 4 is 11.8 Å². The third-order valence-electron chi connectivity index (χ3n) is 4.99. The van der Waals surface area contributed by atoms with Crippen LogP contribution in [0.3, 0.4) is 0 Å². The number of Topliss-reactive ketones (excluding diaryl/α,β-unsaturated/α-hetero) is 1. The Kier molecular flexibility index (Phi) is 7.55. The molecule has 0 aliphatic heterocycles. The van der Waals surface area contributed by atoms with E-state index in [-0.39, 0.29) is 17.3 Å². The molecule has 9 heteroatoms. The third kappa shape index (κ3) is 4.96. The molecule has 7 nitrogen and oxygen atoms in total. The number of rotatable bonds is 9. The summed E-state index contributed by atoms with van der Waals surface area (Å²) in [4.78, 5) is 29.8. The van der Waals surface area contributed by atoms with E-state index in [1.807, 2.05) is 0 Å². The van der Waals surface area contributed by atoms with E-state index in [4.69, 9.17) is 9.47 Å². The van der Waals surface area contributed by atoms with Crippen molar-refractivity contribution in [2.75, 3.05) is 21.3 Å². The molecule has 0 bridgehead atoms. The summed E-state index contributed by atoms with van der Waals surface area (Å²) in [5, 5.41) is 0. The van der Waals surface area contributed by atoms with Crippen LogP contribution in [0.4, 0.5) is 8.78 Å². The summed E-state index contributed by atoms with van der Waals surface area (Å²) < 4.78 is 39.3. The Hall–Kier alpha value is -2.94. The molecule has 0 aliphatic carbocycles. The molecular formula is C21H26F2N2O5. The first-order valence-corrected chi connectivity index (χ1v) is 9.24. The molecule has 0 amide bonds. The number of ether oxygens (including phenoxy) is 3. The number of esters is 1. The van der Waals surface area contributed by atoms with Crippen molar-refractivity contribution in [3.8, 4) is 11.5 Å². The molecule has 164 valence electrons. The summed E-state index contributed by atoms with van der Waals surface area (Å²) in [6, 6.07) is 4.11. The fourth-order valence-corrected chi connectivity index (χ4v) is 3.24. The number of H-pyrrole nitrogens is 1. The van der Waals surface area contributed by atoms with Crippen molar-refractivity contribution in [1.82, 2.24) is 9.88 Å². The van der Waals surface area contributed by atoms with Gasteiger partial charge in [0.1, 0.15) is 0 Å². The maximum Gasteiger partial charge on any atom is 0.387 e. The number of aryl methyl sites for hydroxylation is 1. The van der Waals surface area contributed by atoms with E-state index in [9.17, 15) is 18.4 Å². The van der Waals surface area contributed by atoms with Gasteiger partial charge in [0, 0.05) is 12.2 Å². The number of hydrogen-bond donors (Lipinski definition) is 1. The highest BCUT2D eigenvalue weighted by Gasteiger charge is 2.27. The average Bonchev–Trinajstić information content (AvgIpc) is 3.00. The second-order valence-corrected chi connectivity index (χ2v) is 6.94. The van der Waals surface area contributed by atoms with Gasteiger partial charge in [-0.2, -0.15) is 8.78 Å². The van der Waals surface area contributed by atoms with Crippen LogP contribution >= 0.6 is 0 Å². The van der Waals surface area contributed by atoms with E-state index in [2.05, 4.69) is 9.72 Å². The Labute approximate surface area is 173 Å². The number of ketones is 1. The zero-order valence-electron chi connectivity index (χ0n) is 17.8. The first-order chi connectivity index (χ1) is 14.1. The van der Waals surface area contributed by atoms with Gasteiger partial charge in [-0.3, -0.25) is 9.69 Å². The summed E-state index contributed by atoms with van der Waals surface area (Å²) in [7, 11) is 4.42. The first kappa shape index (κ1) is 23.3. The number of nitrogens with zero attached hydrogens (tertiary/aromatic N) is 1. The molecule has 0 unspecified atom stereocenters. The Morgan fingerprint density at radius 3 is 2.40 bits per heavy atom. The van der Waals surface area contributed by atoms with Gasteiger partial charge >= 0.3 is 12.6 Å². The van der Waals surface area contributed by atoms with Crippen molar-refractivity contribution in [2.24, 2.45) is 0 Å². The van der Waals surface area contributed by atoms with Gasteiger partial charge in [-0.15, -0.1) is 0 Å². The molecule has 0 aliphatic rings. The molecular weight excluding hydrogens is 398 g/mol. The number of hydrogen-bond acceptors (Lipinski definition) is 6. The lowest BCUT2D eigenvalue weighted by atomic mass is 10.0. The predicted molar refractivity (Wildman–Crippen MR) is 106 cm³/mol. The van der Waals surface area contributed by atoms with Crippen LogP contribution in [0.15, 0.2) is 18.2 Å². The van der Waals surface area contributed by atoms with Crippen LogP contribution in [0.25, 0.3) is 0 Å². The Morgan fingerprint density at radius 2 is 1.83 bits per heavy atom. The van der Waals surface area contributed by atoms with Crippen LogP contribution < -0.4 is 9.47 Å². The van der Waals surface area contributed by atoms with Crippen LogP contribution in [-0.2, 0) is 11.3 Å². The molecule has 1 N–H and O–H groups in total. The monoisotopic (exact) mass is 424 g/mol. The minimum Gasteiger partial charge on any atom is -0.493 e. The quantitative estimate of drug-likeness (QED) is 0.488. The Balaban J connectivity index is 2.19. The lowest BCUT2D eigenvalue weighted by molar-refractivity contribution is -0.0512. The number of methoxy groups -OCH3 is 2. The predicted octanol–water partition coefficient (Wildman–Crippen LogP) is 3.73. The fraction of sp³-hybridized carbons (Fsp3) is 0.429. The van der Waals surface area contributed by atoms with Crippen molar-refractivity contribution < 1.29 is 32.6 Å². The number of nitrogens with one attached hydrogen (secondary N) is 1. The first-order valence-electron chi connectivity index (χ1n) is 9.24. The second kappa shape index (κ2) is 9.71. The van der Waals surface area contributed by atoms with Gasteiger partial charge in [0.25, 0.3) is 0 Å². The van der Waals surface area contributed by atoms with Crippen molar-refractivity contribution in [1.29, 1.82) is 0 Å². The van der Waals surface area contributed by atoms with Crippen LogP contribution in [0.2, 0.25) is 0 Å². The zero-order valence-corrected chi connectivity index (χ0v) is 17.8. The molecule has 0 fully saturated rings. The molecule has 0 spiro atoms. The maximum atomic E-state index is 13.0. The lowest BCUT2D eigenvalue weighted by Gasteiger charge is -2.24. The molecule has 2 aromatic rings. The van der Waals surface area contributed by atoms with E-state index in [0.717, 1.165) is 5.56 Å². The number of carbonyl (C=O) groups excluding carboxylic acids is 2. The normalized spacial score (nSPS) is 12.2. The molecule has 0 saturated heterocycles. The largest absolute Gasteiger partial charge is 0.493 e. The van der Waals surface area contributed by atoms with Gasteiger partial charge in [-0.1, -0.05) is 6.07 Å². The standard InChI is InChI=1S/C21H26F2N2O5/c1-11-17(20(27)29-6)12(2)24-18(11)19(26)13(3)25(4)10-14-7-8-15(30-21(22)23)16(9-14)28-5/h7-9,13,21,24H,10H2,1-6H3/t13-/m0/s1. The molecule has 0 radical (unpaired) electrons. The second-order valence-electron chi connectivity index (χ2n) is 6.94. The van der Waals surface area contributed by atoms with Crippen molar-refractivity contribution in [3.05, 3.63) is 46.3 Å². The lowest BCUT2D eigenvalue weighted by Crippen LogP contribution is -2.36. The summed E-state index contributed by atoms with van der Waals surface area (Å²) in [5.74, 6) is -0.563. The van der Waals surface area contributed by atoms with E-state index in [1.54, 1.807) is 44.9 Å². The molecule has 1 atom stereocenters. The number of likely N-dealkylation sites (N-methyl/N-ethyl adjacent to an activating group) is 1. The minimum atomic E-state index is -2.95. The molecule has 30 heavy (non-hydrogen) atoms. The minimum absolute atomic E-state index is 0.0594. The number of benzene rings is 1. The summed E-state index contributed by atoms with van der Waals surface area (Å²) >= 11 is 0. The molecule has 1 aromatic heterocycles. The van der Waals surface area contributed by atoms with Gasteiger partial charge in [-0.25, -0.2) is 4.79 Å². The molecule has 2 rings (SSSR count). The molecule has 1 aromatic carbocycles. The van der Waals surface area contributed by atoms with E-state index in [1.165, 1.54) is 20.3 Å². The van der Waals surface area contributed by atoms with Crippen LogP contribution in [-0.4, -0.2) is 55.6 Å². The Bertz CT molecular complexity index is 926. The highest BCUT2D eigenvalue weighted by Crippen LogP contribution is 2.30. The van der Waals surface area contributed by atoms with Gasteiger partial charge in [0.05, 0.1) is 31.5 Å². The number of aromatic amines is 1. The van der Waals surface area contributed by atoms with Gasteiger partial charge in [-0.05, 0) is 51.1 Å². The topological polar surface area (TPSA) is 80.9 Å². The van der Waals surface area contributed by atoms with E-state index < -0.39 is 18.6 Å². The van der Waals surface area contributed by atoms with Crippen molar-refractivity contribution in [3.63, 3.8) is 0 Å². The van der Waals surface area contributed by atoms with Gasteiger partial charge in [0.2, 0.25) is 0 Å². The average molecular weight is 424 g/mol. The van der Waals surface area contributed by atoms with Gasteiger partial charge < -0.3 is 19.2 Å². The number of carbonyl (C=O) groups is 2. The van der Waals surface area contributed by atoms with Crippen LogP contribution in [0.5, 0.6) is 11.5 Å². The smallest absolute Gasteiger partial charge is 0.387 e. The molecule has 1 heterocycles. The maximum absolute atomic E-state index is 13.0. The number of halogens is 2. The highest BCUT2D eigenvalue weighted by molar-refractivity contribution is 6.03. The highest BCUT2D eigenvalue weighted by atomic mass is 19.3. The summed E-state index contributed by atoms with van der Waals surface area (Å²) in [5.41, 5.74) is 2.57. The fourth-order valence-electron chi connectivity index (χ4n) is 3.24. The summed E-state index contributed by atoms with van der Waals surface area (Å²) in [6.45, 7) is 2.57. The van der Waals surface area contributed by atoms with E-state index in [0.29, 0.717) is 29.1 Å². The SMILES string of the molecule is COC(=O)c1c(C)[nH]c(C(=O)[C@H](C)N(C)Cc2ccc(OC(F)F)c(OC)c2)c1C. The summed E-state index contributed by atoms with van der Waals surface area (Å²) in [6.07, 6.45) is 0. The van der Waals surface area contributed by atoms with Crippen LogP contribution in [0.1, 0.15) is 44.6 Å². The van der Waals surface area contributed by atoms with Gasteiger partial charge in [0.15, 0.2) is 17.3 Å². The zero-order chi connectivity index (χ0) is 22.6. The Morgan fingerprint density at radius 1 is 1.17 bits per heavy atom. The number of aromatic nitrogens is 1. The third-order valence-corrected chi connectivity index (χ3v) is 4.99. The van der Waals surface area contributed by atoms with Crippen LogP contribution in [0, 0.1) is 13.8 Å². The van der Waals surface area contributed by atoms with Crippen molar-refractivity contribution in [2.45, 2.75) is 40.0 Å². The van der Waals surface area contributed by atoms with E-state index >= 15 is 0 Å². The molecule has 0 saturated carbocycles. The number of alkyl halides is 2.